The fraction of sp³-hybridized carbons (Fsp3) is 0.556. The van der Waals surface area contributed by atoms with Crippen LogP contribution in [0.5, 0.6) is 0 Å². The standard InChI is InChI=1S/C18H23ClN2O3/c19-15-6-2-1-5-14(15)13-16(23)21-10-4-8-18(21)7-3-9-20(11-12-22)17(18)24/h1-2,5-6,22H,3-4,7-13H2. The van der Waals surface area contributed by atoms with Crippen LogP contribution >= 0.6 is 11.6 Å². The third-order valence-electron chi connectivity index (χ3n) is 5.16. The third kappa shape index (κ3) is 3.03. The molecule has 1 N–H and O–H groups in total. The Morgan fingerprint density at radius 3 is 2.62 bits per heavy atom. The molecular weight excluding hydrogens is 328 g/mol. The van der Waals surface area contributed by atoms with Crippen LogP contribution in [0.4, 0.5) is 0 Å². The minimum Gasteiger partial charge on any atom is -0.395 e. The average Bonchev–Trinajstić information content (AvgIpc) is 2.99. The van der Waals surface area contributed by atoms with Crippen molar-refractivity contribution in [3.8, 4) is 0 Å². The van der Waals surface area contributed by atoms with Gasteiger partial charge >= 0.3 is 0 Å². The number of carbonyl (C=O) groups excluding carboxylic acids is 2. The first-order chi connectivity index (χ1) is 11.6. The van der Waals surface area contributed by atoms with Gasteiger partial charge < -0.3 is 14.9 Å². The van der Waals surface area contributed by atoms with E-state index in [-0.39, 0.29) is 24.8 Å². The largest absolute Gasteiger partial charge is 0.395 e. The number of β-amino-alcohol motifs (C(OH)–C–C–N with tert-alkyl or cyclic N) is 1. The smallest absolute Gasteiger partial charge is 0.248 e. The molecular formula is C18H23ClN2O3. The third-order valence-corrected chi connectivity index (χ3v) is 5.53. The van der Waals surface area contributed by atoms with Gasteiger partial charge in [0.15, 0.2) is 0 Å². The second-order valence-electron chi connectivity index (χ2n) is 6.57. The topological polar surface area (TPSA) is 60.9 Å². The van der Waals surface area contributed by atoms with Crippen molar-refractivity contribution in [1.82, 2.24) is 9.80 Å². The number of nitrogens with zero attached hydrogens (tertiary/aromatic N) is 2. The van der Waals surface area contributed by atoms with E-state index in [1.807, 2.05) is 18.2 Å². The van der Waals surface area contributed by atoms with E-state index in [1.165, 1.54) is 0 Å². The number of aliphatic hydroxyl groups excluding tert-OH is 1. The normalized spacial score (nSPS) is 24.0. The molecule has 1 unspecified atom stereocenters. The van der Waals surface area contributed by atoms with E-state index in [9.17, 15) is 14.7 Å². The lowest BCUT2D eigenvalue weighted by Crippen LogP contribution is -2.61. The summed E-state index contributed by atoms with van der Waals surface area (Å²) in [4.78, 5) is 29.3. The molecule has 0 bridgehead atoms. The number of rotatable bonds is 4. The van der Waals surface area contributed by atoms with Gasteiger partial charge in [0.2, 0.25) is 11.8 Å². The van der Waals surface area contributed by atoms with E-state index in [0.29, 0.717) is 37.5 Å². The first kappa shape index (κ1) is 17.2. The highest BCUT2D eigenvalue weighted by molar-refractivity contribution is 6.31. The predicted molar refractivity (Wildman–Crippen MR) is 91.7 cm³/mol. The number of halogens is 1. The van der Waals surface area contributed by atoms with Gasteiger partial charge in [0.25, 0.3) is 0 Å². The molecule has 1 atom stereocenters. The van der Waals surface area contributed by atoms with Crippen LogP contribution < -0.4 is 0 Å². The van der Waals surface area contributed by atoms with Gasteiger partial charge in [-0.3, -0.25) is 9.59 Å². The predicted octanol–water partition coefficient (Wildman–Crippen LogP) is 1.86. The van der Waals surface area contributed by atoms with Gasteiger partial charge in [-0.05, 0) is 37.3 Å². The summed E-state index contributed by atoms with van der Waals surface area (Å²) < 4.78 is 0. The Morgan fingerprint density at radius 2 is 1.92 bits per heavy atom. The fourth-order valence-electron chi connectivity index (χ4n) is 4.02. The summed E-state index contributed by atoms with van der Waals surface area (Å²) in [6, 6.07) is 7.33. The van der Waals surface area contributed by atoms with Gasteiger partial charge in [0.05, 0.1) is 13.0 Å². The van der Waals surface area contributed by atoms with Gasteiger partial charge in [-0.25, -0.2) is 0 Å². The van der Waals surface area contributed by atoms with Crippen LogP contribution in [0.2, 0.25) is 5.02 Å². The van der Waals surface area contributed by atoms with Crippen LogP contribution in [0.25, 0.3) is 0 Å². The molecule has 1 spiro atoms. The van der Waals surface area contributed by atoms with Crippen molar-refractivity contribution in [2.45, 2.75) is 37.6 Å². The van der Waals surface area contributed by atoms with E-state index in [1.54, 1.807) is 15.9 Å². The van der Waals surface area contributed by atoms with Gasteiger partial charge in [-0.15, -0.1) is 0 Å². The number of aliphatic hydroxyl groups is 1. The van der Waals surface area contributed by atoms with E-state index >= 15 is 0 Å². The number of amides is 2. The van der Waals surface area contributed by atoms with Crippen molar-refractivity contribution in [2.75, 3.05) is 26.2 Å². The number of hydrogen-bond donors (Lipinski definition) is 1. The monoisotopic (exact) mass is 350 g/mol. The zero-order valence-electron chi connectivity index (χ0n) is 13.7. The molecule has 24 heavy (non-hydrogen) atoms. The van der Waals surface area contributed by atoms with Gasteiger partial charge in [-0.2, -0.15) is 0 Å². The maximum atomic E-state index is 13.0. The van der Waals surface area contributed by atoms with E-state index in [0.717, 1.165) is 18.4 Å². The molecule has 3 rings (SSSR count). The summed E-state index contributed by atoms with van der Waals surface area (Å²) >= 11 is 6.17. The minimum atomic E-state index is -0.717. The molecule has 2 fully saturated rings. The fourth-order valence-corrected chi connectivity index (χ4v) is 4.23. The molecule has 2 heterocycles. The summed E-state index contributed by atoms with van der Waals surface area (Å²) in [5, 5.41) is 9.76. The van der Waals surface area contributed by atoms with Crippen LogP contribution in [0, 0.1) is 0 Å². The van der Waals surface area contributed by atoms with E-state index < -0.39 is 5.54 Å². The van der Waals surface area contributed by atoms with Crippen molar-refractivity contribution in [3.05, 3.63) is 34.9 Å². The highest BCUT2D eigenvalue weighted by Crippen LogP contribution is 2.38. The van der Waals surface area contributed by atoms with Crippen LogP contribution in [0.15, 0.2) is 24.3 Å². The quantitative estimate of drug-likeness (QED) is 0.901. The lowest BCUT2D eigenvalue weighted by molar-refractivity contribution is -0.155. The molecule has 1 aromatic carbocycles. The Morgan fingerprint density at radius 1 is 1.21 bits per heavy atom. The lowest BCUT2D eigenvalue weighted by atomic mass is 9.85. The SMILES string of the molecule is O=C(Cc1ccccc1Cl)N1CCCC12CCCN(CCO)C2=O. The van der Waals surface area contributed by atoms with Crippen LogP contribution in [-0.2, 0) is 16.0 Å². The van der Waals surface area contributed by atoms with Gasteiger partial charge in [0.1, 0.15) is 5.54 Å². The molecule has 1 aromatic rings. The van der Waals surface area contributed by atoms with E-state index in [4.69, 9.17) is 11.6 Å². The summed E-state index contributed by atoms with van der Waals surface area (Å²) in [5.41, 5.74) is 0.0767. The first-order valence-electron chi connectivity index (χ1n) is 8.52. The summed E-state index contributed by atoms with van der Waals surface area (Å²) in [7, 11) is 0. The number of piperidine rings is 1. The minimum absolute atomic E-state index is 0.00666. The highest BCUT2D eigenvalue weighted by atomic mass is 35.5. The molecule has 5 nitrogen and oxygen atoms in total. The summed E-state index contributed by atoms with van der Waals surface area (Å²) in [6.07, 6.45) is 3.34. The zero-order chi connectivity index (χ0) is 17.2. The molecule has 2 amide bonds. The first-order valence-corrected chi connectivity index (χ1v) is 8.90. The number of hydrogen-bond acceptors (Lipinski definition) is 3. The zero-order valence-corrected chi connectivity index (χ0v) is 14.5. The van der Waals surface area contributed by atoms with Crippen molar-refractivity contribution < 1.29 is 14.7 Å². The Bertz CT molecular complexity index is 634. The average molecular weight is 351 g/mol. The number of carbonyl (C=O) groups is 2. The molecule has 0 saturated carbocycles. The van der Waals surface area contributed by atoms with Crippen LogP contribution in [0.3, 0.4) is 0 Å². The Hall–Kier alpha value is -1.59. The second kappa shape index (κ2) is 7.11. The van der Waals surface area contributed by atoms with Crippen molar-refractivity contribution in [3.63, 3.8) is 0 Å². The highest BCUT2D eigenvalue weighted by Gasteiger charge is 2.52. The molecule has 2 aliphatic heterocycles. The van der Waals surface area contributed by atoms with E-state index in [2.05, 4.69) is 0 Å². The van der Waals surface area contributed by atoms with Crippen molar-refractivity contribution in [1.29, 1.82) is 0 Å². The number of likely N-dealkylation sites (tertiary alicyclic amines) is 2. The van der Waals surface area contributed by atoms with Crippen LogP contribution in [-0.4, -0.2) is 58.5 Å². The molecule has 0 radical (unpaired) electrons. The van der Waals surface area contributed by atoms with Crippen molar-refractivity contribution >= 4 is 23.4 Å². The maximum absolute atomic E-state index is 13.0. The molecule has 2 aliphatic rings. The van der Waals surface area contributed by atoms with Crippen molar-refractivity contribution in [2.24, 2.45) is 0 Å². The molecule has 0 aliphatic carbocycles. The summed E-state index contributed by atoms with van der Waals surface area (Å²) in [5.74, 6) is -0.0485. The Labute approximate surface area is 147 Å². The summed E-state index contributed by atoms with van der Waals surface area (Å²) in [6.45, 7) is 1.57. The molecule has 130 valence electrons. The molecule has 2 saturated heterocycles. The number of benzene rings is 1. The Balaban J connectivity index is 1.80. The second-order valence-corrected chi connectivity index (χ2v) is 6.98. The lowest BCUT2D eigenvalue weighted by Gasteiger charge is -2.44. The molecule has 6 heteroatoms. The molecule has 0 aromatic heterocycles. The van der Waals surface area contributed by atoms with Crippen LogP contribution in [0.1, 0.15) is 31.2 Å². The Kier molecular flexibility index (Phi) is 5.11. The maximum Gasteiger partial charge on any atom is 0.248 e. The van der Waals surface area contributed by atoms with Gasteiger partial charge in [-0.1, -0.05) is 29.8 Å². The van der Waals surface area contributed by atoms with Gasteiger partial charge in [0, 0.05) is 24.7 Å².